The number of nitrogens with one attached hydrogen (secondary N) is 1. The Bertz CT molecular complexity index is 860. The average molecular weight is 386 g/mol. The van der Waals surface area contributed by atoms with E-state index in [1.165, 1.54) is 19.3 Å². The molecule has 24 heavy (non-hydrogen) atoms. The van der Waals surface area contributed by atoms with Crippen LogP contribution in [0.5, 0.6) is 0 Å². The van der Waals surface area contributed by atoms with Crippen LogP contribution in [0.3, 0.4) is 0 Å². The first kappa shape index (κ1) is 15.4. The van der Waals surface area contributed by atoms with Gasteiger partial charge in [0, 0.05) is 30.6 Å². The third kappa shape index (κ3) is 2.54. The van der Waals surface area contributed by atoms with Crippen LogP contribution in [0.15, 0.2) is 21.2 Å². The highest BCUT2D eigenvalue weighted by atomic mass is 79.9. The maximum absolute atomic E-state index is 9.48. The van der Waals surface area contributed by atoms with Crippen molar-refractivity contribution in [2.24, 2.45) is 5.92 Å². The van der Waals surface area contributed by atoms with Gasteiger partial charge in [0.25, 0.3) is 0 Å². The zero-order valence-electron chi connectivity index (χ0n) is 13.0. The largest absolute Gasteiger partial charge is 0.444 e. The van der Waals surface area contributed by atoms with Gasteiger partial charge in [0.1, 0.15) is 11.9 Å². The lowest BCUT2D eigenvalue weighted by molar-refractivity contribution is 0.155. The summed E-state index contributed by atoms with van der Waals surface area (Å²) in [7, 11) is 0. The zero-order valence-corrected chi connectivity index (χ0v) is 14.6. The van der Waals surface area contributed by atoms with Crippen LogP contribution in [0.25, 0.3) is 11.0 Å². The Morgan fingerprint density at radius 1 is 1.33 bits per heavy atom. The van der Waals surface area contributed by atoms with E-state index in [9.17, 15) is 5.26 Å². The number of fused-ring (bicyclic) bond motifs is 1. The predicted molar refractivity (Wildman–Crippen MR) is 92.1 cm³/mol. The normalized spacial score (nSPS) is 24.5. The fourth-order valence-electron chi connectivity index (χ4n) is 3.47. The number of likely N-dealkylation sites (tertiary alicyclic amines) is 1. The van der Waals surface area contributed by atoms with E-state index in [1.807, 2.05) is 6.07 Å². The fourth-order valence-corrected chi connectivity index (χ4v) is 4.00. The molecule has 0 radical (unpaired) electrons. The van der Waals surface area contributed by atoms with Crippen LogP contribution in [0.2, 0.25) is 0 Å². The van der Waals surface area contributed by atoms with Gasteiger partial charge in [-0.05, 0) is 28.8 Å². The van der Waals surface area contributed by atoms with Gasteiger partial charge in [-0.25, -0.2) is 4.98 Å². The van der Waals surface area contributed by atoms with Crippen molar-refractivity contribution in [3.05, 3.63) is 22.5 Å². The predicted octanol–water partition coefficient (Wildman–Crippen LogP) is 3.25. The van der Waals surface area contributed by atoms with E-state index in [4.69, 9.17) is 9.68 Å². The molecule has 2 aromatic rings. The molecule has 0 unspecified atom stereocenters. The van der Waals surface area contributed by atoms with Crippen LogP contribution in [0, 0.1) is 28.6 Å². The number of nitrogens with zero attached hydrogens (tertiary/aromatic N) is 4. The molecular weight excluding hydrogens is 370 g/mol. The monoisotopic (exact) mass is 385 g/mol. The molecule has 4 rings (SSSR count). The first-order valence-corrected chi connectivity index (χ1v) is 8.87. The van der Waals surface area contributed by atoms with E-state index >= 15 is 0 Å². The van der Waals surface area contributed by atoms with E-state index in [0.29, 0.717) is 17.4 Å². The van der Waals surface area contributed by atoms with Crippen molar-refractivity contribution in [2.75, 3.05) is 18.4 Å². The second-order valence-electron chi connectivity index (χ2n) is 6.45. The molecule has 1 aliphatic carbocycles. The van der Waals surface area contributed by atoms with E-state index in [-0.39, 0.29) is 17.7 Å². The molecule has 2 atom stereocenters. The molecule has 0 spiro atoms. The van der Waals surface area contributed by atoms with Crippen LogP contribution in [0.1, 0.15) is 25.0 Å². The molecule has 0 aromatic carbocycles. The summed E-state index contributed by atoms with van der Waals surface area (Å²) in [5.74, 6) is 0.902. The summed E-state index contributed by atoms with van der Waals surface area (Å²) >= 11 is 3.55. The van der Waals surface area contributed by atoms with Crippen LogP contribution in [0.4, 0.5) is 5.82 Å². The number of pyridine rings is 1. The molecule has 0 amide bonds. The molecule has 7 heteroatoms. The molecule has 122 valence electrons. The van der Waals surface area contributed by atoms with Crippen LogP contribution < -0.4 is 5.32 Å². The topological polar surface area (TPSA) is 88.9 Å². The number of furan rings is 1. The summed E-state index contributed by atoms with van der Waals surface area (Å²) in [4.78, 5) is 6.82. The van der Waals surface area contributed by atoms with Crippen molar-refractivity contribution in [2.45, 2.75) is 31.3 Å². The minimum Gasteiger partial charge on any atom is -0.444 e. The Kier molecular flexibility index (Phi) is 3.91. The van der Waals surface area contributed by atoms with Gasteiger partial charge in [-0.3, -0.25) is 4.90 Å². The van der Waals surface area contributed by atoms with Crippen molar-refractivity contribution in [1.29, 1.82) is 10.5 Å². The zero-order chi connectivity index (χ0) is 16.7. The summed E-state index contributed by atoms with van der Waals surface area (Å²) in [5.41, 5.74) is 0.573. The fraction of sp³-hybridized carbons (Fsp3) is 0.471. The molecule has 2 aromatic heterocycles. The van der Waals surface area contributed by atoms with Crippen molar-refractivity contribution in [3.63, 3.8) is 0 Å². The van der Waals surface area contributed by atoms with Gasteiger partial charge < -0.3 is 9.73 Å². The SMILES string of the molecule is N#Cc1cc2c(Br)c(N[C@H]3CN(C4CCC4)C[C@@H]3C#N)ncc2o1. The summed E-state index contributed by atoms with van der Waals surface area (Å²) in [6.07, 6.45) is 5.39. The van der Waals surface area contributed by atoms with Gasteiger partial charge in [0.15, 0.2) is 5.58 Å². The molecule has 2 aliphatic rings. The second kappa shape index (κ2) is 6.08. The van der Waals surface area contributed by atoms with E-state index in [2.05, 4.69) is 37.2 Å². The Balaban J connectivity index is 1.58. The number of halogens is 1. The first-order chi connectivity index (χ1) is 11.7. The highest BCUT2D eigenvalue weighted by Crippen LogP contribution is 2.34. The Morgan fingerprint density at radius 3 is 2.83 bits per heavy atom. The Morgan fingerprint density at radius 2 is 2.17 bits per heavy atom. The van der Waals surface area contributed by atoms with Crippen molar-refractivity contribution < 1.29 is 4.42 Å². The smallest absolute Gasteiger partial charge is 0.204 e. The van der Waals surface area contributed by atoms with E-state index < -0.39 is 0 Å². The lowest BCUT2D eigenvalue weighted by Gasteiger charge is -2.34. The minimum atomic E-state index is -0.0472. The van der Waals surface area contributed by atoms with Gasteiger partial charge in [-0.1, -0.05) is 6.42 Å². The molecule has 3 heterocycles. The molecule has 1 saturated carbocycles. The number of nitriles is 2. The molecule has 0 bridgehead atoms. The third-order valence-electron chi connectivity index (χ3n) is 5.05. The van der Waals surface area contributed by atoms with Gasteiger partial charge in [-0.2, -0.15) is 10.5 Å². The van der Waals surface area contributed by atoms with Crippen molar-refractivity contribution in [1.82, 2.24) is 9.88 Å². The Hall–Kier alpha value is -2.09. The van der Waals surface area contributed by atoms with Gasteiger partial charge >= 0.3 is 0 Å². The summed E-state index contributed by atoms with van der Waals surface area (Å²) in [6.45, 7) is 1.69. The maximum atomic E-state index is 9.48. The number of hydrogen-bond donors (Lipinski definition) is 1. The lowest BCUT2D eigenvalue weighted by Crippen LogP contribution is -2.39. The maximum Gasteiger partial charge on any atom is 0.204 e. The van der Waals surface area contributed by atoms with E-state index in [0.717, 1.165) is 22.9 Å². The number of aromatic nitrogens is 1. The van der Waals surface area contributed by atoms with Gasteiger partial charge in [0.05, 0.1) is 28.7 Å². The summed E-state index contributed by atoms with van der Waals surface area (Å²) < 4.78 is 6.16. The van der Waals surface area contributed by atoms with Crippen LogP contribution in [-0.2, 0) is 0 Å². The Labute approximate surface area is 148 Å². The first-order valence-electron chi connectivity index (χ1n) is 8.08. The lowest BCUT2D eigenvalue weighted by atomic mass is 9.92. The van der Waals surface area contributed by atoms with Crippen LogP contribution in [-0.4, -0.2) is 35.1 Å². The minimum absolute atomic E-state index is 0.0472. The molecular formula is C17H16BrN5O. The molecule has 2 fully saturated rings. The average Bonchev–Trinajstić information content (AvgIpc) is 3.12. The quantitative estimate of drug-likeness (QED) is 0.871. The highest BCUT2D eigenvalue weighted by molar-refractivity contribution is 9.10. The summed E-state index contributed by atoms with van der Waals surface area (Å²) in [6, 6.07) is 6.82. The number of hydrogen-bond acceptors (Lipinski definition) is 6. The molecule has 6 nitrogen and oxygen atoms in total. The van der Waals surface area contributed by atoms with Gasteiger partial charge in [-0.15, -0.1) is 0 Å². The number of rotatable bonds is 3. The van der Waals surface area contributed by atoms with Crippen LogP contribution >= 0.6 is 15.9 Å². The van der Waals surface area contributed by atoms with Gasteiger partial charge in [0.2, 0.25) is 5.76 Å². The summed E-state index contributed by atoms with van der Waals surface area (Å²) in [5, 5.41) is 22.7. The second-order valence-corrected chi connectivity index (χ2v) is 7.24. The molecule has 1 aliphatic heterocycles. The van der Waals surface area contributed by atoms with Crippen molar-refractivity contribution >= 4 is 32.7 Å². The van der Waals surface area contributed by atoms with Crippen molar-refractivity contribution in [3.8, 4) is 12.1 Å². The molecule has 1 N–H and O–H groups in total. The number of anilines is 1. The third-order valence-corrected chi connectivity index (χ3v) is 5.86. The van der Waals surface area contributed by atoms with E-state index in [1.54, 1.807) is 12.3 Å². The highest BCUT2D eigenvalue weighted by Gasteiger charge is 2.38. The standard InChI is InChI=1S/C17H16BrN5O/c18-16-13-4-12(6-20)24-15(13)7-21-17(16)22-14-9-23(8-10(14)5-19)11-2-1-3-11/h4,7,10-11,14H,1-3,8-9H2,(H,21,22)/t10-,14-/m0/s1. The molecule has 1 saturated heterocycles.